The third kappa shape index (κ3) is 4.47. The maximum atomic E-state index is 12.7. The Hall–Kier alpha value is -1.55. The van der Waals surface area contributed by atoms with Crippen LogP contribution in [-0.2, 0) is 10.9 Å². The van der Waals surface area contributed by atoms with Crippen molar-refractivity contribution >= 4 is 27.7 Å². The molecular formula is C13H15BrF3N3O3. The Kier molecular flexibility index (Phi) is 5.04. The van der Waals surface area contributed by atoms with Gasteiger partial charge in [-0.25, -0.2) is 9.78 Å². The van der Waals surface area contributed by atoms with Crippen molar-refractivity contribution in [3.63, 3.8) is 0 Å². The molecule has 0 bridgehead atoms. The van der Waals surface area contributed by atoms with E-state index in [-0.39, 0.29) is 12.2 Å². The average molecular weight is 398 g/mol. The highest BCUT2D eigenvalue weighted by Crippen LogP contribution is 2.37. The van der Waals surface area contributed by atoms with Crippen LogP contribution in [0.5, 0.6) is 5.88 Å². The van der Waals surface area contributed by atoms with Gasteiger partial charge >= 0.3 is 12.3 Å². The summed E-state index contributed by atoms with van der Waals surface area (Å²) < 4.78 is 47.9. The molecule has 0 radical (unpaired) electrons. The maximum Gasteiger partial charge on any atom is 0.419 e. The Morgan fingerprint density at radius 3 is 2.87 bits per heavy atom. The first-order valence-electron chi connectivity index (χ1n) is 6.73. The molecule has 6 nitrogen and oxygen atoms in total. The molecule has 1 aliphatic heterocycles. The molecule has 3 N–H and O–H groups in total. The molecule has 1 aliphatic rings. The Balaban J connectivity index is 2.02. The molecule has 1 aromatic heterocycles. The molecule has 2 heterocycles. The van der Waals surface area contributed by atoms with Crippen LogP contribution >= 0.6 is 15.9 Å². The standard InChI is InChI=1S/C13H15BrF3N3O3/c1-12(3-2-4-22-12)6-19-11(21)23-10-8(18)5-7(9(14)20-10)13(15,16)17/h5H,2-4,6,18H2,1H3,(H,19,21). The second kappa shape index (κ2) is 6.52. The molecule has 0 saturated carbocycles. The molecule has 128 valence electrons. The van der Waals surface area contributed by atoms with Gasteiger partial charge in [0.2, 0.25) is 5.88 Å². The Bertz CT molecular complexity index is 604. The summed E-state index contributed by atoms with van der Waals surface area (Å²) in [4.78, 5) is 15.3. The highest BCUT2D eigenvalue weighted by Gasteiger charge is 2.35. The van der Waals surface area contributed by atoms with Crippen LogP contribution in [-0.4, -0.2) is 29.8 Å². The molecule has 2 rings (SSSR count). The highest BCUT2D eigenvalue weighted by atomic mass is 79.9. The van der Waals surface area contributed by atoms with Crippen molar-refractivity contribution in [2.75, 3.05) is 18.9 Å². The number of nitrogen functional groups attached to an aromatic ring is 1. The molecule has 0 aliphatic carbocycles. The zero-order valence-corrected chi connectivity index (χ0v) is 13.8. The number of pyridine rings is 1. The van der Waals surface area contributed by atoms with Gasteiger partial charge in [-0.15, -0.1) is 0 Å². The van der Waals surface area contributed by atoms with Crippen LogP contribution in [0.3, 0.4) is 0 Å². The molecule has 23 heavy (non-hydrogen) atoms. The zero-order chi connectivity index (χ0) is 17.3. The number of amides is 1. The molecular weight excluding hydrogens is 383 g/mol. The van der Waals surface area contributed by atoms with Crippen molar-refractivity contribution in [2.45, 2.75) is 31.5 Å². The topological polar surface area (TPSA) is 86.5 Å². The highest BCUT2D eigenvalue weighted by molar-refractivity contribution is 9.10. The van der Waals surface area contributed by atoms with Gasteiger partial charge in [0, 0.05) is 13.2 Å². The van der Waals surface area contributed by atoms with Crippen molar-refractivity contribution in [3.8, 4) is 5.88 Å². The second-order valence-corrected chi connectivity index (χ2v) is 6.12. The van der Waals surface area contributed by atoms with Crippen molar-refractivity contribution in [1.29, 1.82) is 0 Å². The van der Waals surface area contributed by atoms with Crippen molar-refractivity contribution < 1.29 is 27.4 Å². The number of carbonyl (C=O) groups excluding carboxylic acids is 1. The third-order valence-corrected chi connectivity index (χ3v) is 3.98. The summed E-state index contributed by atoms with van der Waals surface area (Å²) in [6.07, 6.45) is -3.80. The number of nitrogens with two attached hydrogens (primary N) is 1. The number of alkyl halides is 3. The number of nitrogens with zero attached hydrogens (tertiary/aromatic N) is 1. The predicted octanol–water partition coefficient (Wildman–Crippen LogP) is 3.10. The fraction of sp³-hybridized carbons (Fsp3) is 0.538. The molecule has 1 saturated heterocycles. The third-order valence-electron chi connectivity index (χ3n) is 3.37. The van der Waals surface area contributed by atoms with Gasteiger partial charge in [-0.1, -0.05) is 0 Å². The largest absolute Gasteiger partial charge is 0.419 e. The van der Waals surface area contributed by atoms with Crippen LogP contribution < -0.4 is 15.8 Å². The summed E-state index contributed by atoms with van der Waals surface area (Å²) >= 11 is 2.69. The van der Waals surface area contributed by atoms with Gasteiger partial charge in [-0.2, -0.15) is 13.2 Å². The number of hydrogen-bond acceptors (Lipinski definition) is 5. The second-order valence-electron chi connectivity index (χ2n) is 5.36. The van der Waals surface area contributed by atoms with E-state index in [1.54, 1.807) is 0 Å². The summed E-state index contributed by atoms with van der Waals surface area (Å²) in [6, 6.07) is 0.654. The predicted molar refractivity (Wildman–Crippen MR) is 79.0 cm³/mol. The number of carbonyl (C=O) groups is 1. The SMILES string of the molecule is CC1(CNC(=O)Oc2nc(Br)c(C(F)(F)F)cc2N)CCCO1. The summed E-state index contributed by atoms with van der Waals surface area (Å²) in [5.74, 6) is -0.403. The van der Waals surface area contributed by atoms with Crippen molar-refractivity contribution in [3.05, 3.63) is 16.2 Å². The lowest BCUT2D eigenvalue weighted by molar-refractivity contribution is -0.138. The summed E-state index contributed by atoms with van der Waals surface area (Å²) in [5, 5.41) is 2.49. The normalized spacial score (nSPS) is 21.3. The minimum Gasteiger partial charge on any atom is -0.394 e. The molecule has 1 fully saturated rings. The van der Waals surface area contributed by atoms with Crippen LogP contribution in [0.4, 0.5) is 23.7 Å². The number of halogens is 4. The van der Waals surface area contributed by atoms with Crippen molar-refractivity contribution in [2.24, 2.45) is 0 Å². The molecule has 1 amide bonds. The number of ether oxygens (including phenoxy) is 2. The average Bonchev–Trinajstić information content (AvgIpc) is 2.86. The van der Waals surface area contributed by atoms with E-state index in [1.165, 1.54) is 0 Å². The quantitative estimate of drug-likeness (QED) is 0.765. The number of aromatic nitrogens is 1. The lowest BCUT2D eigenvalue weighted by Crippen LogP contribution is -2.41. The minimum atomic E-state index is -4.62. The number of anilines is 1. The van der Waals surface area contributed by atoms with E-state index in [1.807, 2.05) is 6.92 Å². The monoisotopic (exact) mass is 397 g/mol. The maximum absolute atomic E-state index is 12.7. The van der Waals surface area contributed by atoms with E-state index >= 15 is 0 Å². The summed E-state index contributed by atoms with van der Waals surface area (Å²) in [7, 11) is 0. The Labute approximate surface area is 138 Å². The minimum absolute atomic E-state index is 0.216. The molecule has 1 aromatic rings. The summed E-state index contributed by atoms with van der Waals surface area (Å²) in [5.41, 5.74) is 3.56. The van der Waals surface area contributed by atoms with Gasteiger partial charge in [0.05, 0.1) is 16.9 Å². The first-order chi connectivity index (χ1) is 10.6. The van der Waals surface area contributed by atoms with E-state index in [2.05, 4.69) is 26.2 Å². The first kappa shape index (κ1) is 17.8. The van der Waals surface area contributed by atoms with E-state index < -0.39 is 33.9 Å². The van der Waals surface area contributed by atoms with Gasteiger partial charge < -0.3 is 20.5 Å². The van der Waals surface area contributed by atoms with E-state index in [9.17, 15) is 18.0 Å². The van der Waals surface area contributed by atoms with Gasteiger partial charge in [0.15, 0.2) is 0 Å². The number of rotatable bonds is 3. The molecule has 0 spiro atoms. The molecule has 10 heteroatoms. The molecule has 1 atom stereocenters. The van der Waals surface area contributed by atoms with E-state index in [0.29, 0.717) is 12.7 Å². The van der Waals surface area contributed by atoms with Crippen LogP contribution in [0.25, 0.3) is 0 Å². The van der Waals surface area contributed by atoms with E-state index in [0.717, 1.165) is 12.8 Å². The van der Waals surface area contributed by atoms with Crippen LogP contribution in [0.2, 0.25) is 0 Å². The molecule has 1 unspecified atom stereocenters. The summed E-state index contributed by atoms with van der Waals surface area (Å²) in [6.45, 7) is 2.68. The molecule has 0 aromatic carbocycles. The van der Waals surface area contributed by atoms with Crippen LogP contribution in [0, 0.1) is 0 Å². The lowest BCUT2D eigenvalue weighted by Gasteiger charge is -2.23. The van der Waals surface area contributed by atoms with E-state index in [4.69, 9.17) is 15.2 Å². The van der Waals surface area contributed by atoms with Gasteiger partial charge in [0.25, 0.3) is 0 Å². The first-order valence-corrected chi connectivity index (χ1v) is 7.53. The fourth-order valence-corrected chi connectivity index (χ4v) is 2.63. The fourth-order valence-electron chi connectivity index (χ4n) is 2.13. The Morgan fingerprint density at radius 1 is 1.61 bits per heavy atom. The Morgan fingerprint density at radius 2 is 2.30 bits per heavy atom. The zero-order valence-electron chi connectivity index (χ0n) is 12.2. The van der Waals surface area contributed by atoms with Crippen LogP contribution in [0.1, 0.15) is 25.3 Å². The number of nitrogens with one attached hydrogen (secondary N) is 1. The van der Waals surface area contributed by atoms with Gasteiger partial charge in [-0.05, 0) is 41.8 Å². The van der Waals surface area contributed by atoms with Gasteiger partial charge in [-0.3, -0.25) is 0 Å². The smallest absolute Gasteiger partial charge is 0.394 e. The van der Waals surface area contributed by atoms with Crippen LogP contribution in [0.15, 0.2) is 10.7 Å². The van der Waals surface area contributed by atoms with Gasteiger partial charge in [0.1, 0.15) is 4.60 Å². The lowest BCUT2D eigenvalue weighted by atomic mass is 10.0. The van der Waals surface area contributed by atoms with Crippen molar-refractivity contribution in [1.82, 2.24) is 10.3 Å². The number of hydrogen-bond donors (Lipinski definition) is 2.